The Hall–Kier alpha value is -3.22. The molecule has 0 unspecified atom stereocenters. The highest BCUT2D eigenvalue weighted by Gasteiger charge is 2.29. The van der Waals surface area contributed by atoms with Gasteiger partial charge in [-0.05, 0) is 43.5 Å². The number of hydrogen-bond donors (Lipinski definition) is 1. The Balaban J connectivity index is 1.62. The Kier molecular flexibility index (Phi) is 7.29. The van der Waals surface area contributed by atoms with Crippen LogP contribution in [0.1, 0.15) is 41.1 Å². The summed E-state index contributed by atoms with van der Waals surface area (Å²) in [5.41, 5.74) is 4.20. The van der Waals surface area contributed by atoms with Crippen LogP contribution in [-0.2, 0) is 21.4 Å². The average molecular weight is 475 g/mol. The molecule has 0 fully saturated rings. The highest BCUT2D eigenvalue weighted by molar-refractivity contribution is 7.89. The molecule has 5 nitrogen and oxygen atoms in total. The molecule has 1 aliphatic heterocycles. The summed E-state index contributed by atoms with van der Waals surface area (Å²) >= 11 is 0. The molecule has 0 spiro atoms. The number of carbonyl (C=O) groups excluding carboxylic acids is 1. The molecule has 0 saturated carbocycles. The summed E-state index contributed by atoms with van der Waals surface area (Å²) in [7, 11) is -3.73. The summed E-state index contributed by atoms with van der Waals surface area (Å²) < 4.78 is 28.6. The predicted molar refractivity (Wildman–Crippen MR) is 135 cm³/mol. The van der Waals surface area contributed by atoms with Crippen molar-refractivity contribution in [3.05, 3.63) is 113 Å². The number of aryl methyl sites for hydroxylation is 2. The van der Waals surface area contributed by atoms with Crippen LogP contribution in [0.25, 0.3) is 0 Å². The van der Waals surface area contributed by atoms with Crippen molar-refractivity contribution in [3.63, 3.8) is 0 Å². The fourth-order valence-corrected chi connectivity index (χ4v) is 5.41. The van der Waals surface area contributed by atoms with Gasteiger partial charge in [-0.1, -0.05) is 90.0 Å². The topological polar surface area (TPSA) is 66.5 Å². The molecule has 0 saturated heterocycles. The van der Waals surface area contributed by atoms with Gasteiger partial charge in [0.15, 0.2) is 0 Å². The average Bonchev–Trinajstić information content (AvgIpc) is 2.81. The number of carbonyl (C=O) groups is 1. The number of nitrogens with one attached hydrogen (secondary N) is 1. The molecule has 3 aromatic rings. The summed E-state index contributed by atoms with van der Waals surface area (Å²) in [6.45, 7) is 4.39. The zero-order valence-electron chi connectivity index (χ0n) is 19.5. The van der Waals surface area contributed by atoms with Crippen LogP contribution < -0.4 is 4.72 Å². The minimum absolute atomic E-state index is 0.0876. The lowest BCUT2D eigenvalue weighted by atomic mass is 9.97. The van der Waals surface area contributed by atoms with Crippen molar-refractivity contribution in [3.8, 4) is 0 Å². The van der Waals surface area contributed by atoms with E-state index in [2.05, 4.69) is 16.9 Å². The molecule has 2 atom stereocenters. The Morgan fingerprint density at radius 1 is 0.882 bits per heavy atom. The van der Waals surface area contributed by atoms with E-state index in [-0.39, 0.29) is 23.3 Å². The second-order valence-electron chi connectivity index (χ2n) is 8.86. The zero-order valence-corrected chi connectivity index (χ0v) is 20.3. The van der Waals surface area contributed by atoms with E-state index in [4.69, 9.17) is 0 Å². The van der Waals surface area contributed by atoms with E-state index in [1.807, 2.05) is 73.4 Å². The van der Waals surface area contributed by atoms with Gasteiger partial charge in [-0.2, -0.15) is 0 Å². The van der Waals surface area contributed by atoms with Crippen molar-refractivity contribution in [1.82, 2.24) is 9.62 Å². The molecule has 1 aliphatic rings. The monoisotopic (exact) mass is 474 g/mol. The molecule has 1 amide bonds. The molecular formula is C28H30N2O3S. The minimum Gasteiger partial charge on any atom is -0.328 e. The van der Waals surface area contributed by atoms with Gasteiger partial charge in [-0.3, -0.25) is 4.79 Å². The van der Waals surface area contributed by atoms with Gasteiger partial charge in [0.1, 0.15) is 0 Å². The highest BCUT2D eigenvalue weighted by Crippen LogP contribution is 2.28. The van der Waals surface area contributed by atoms with Crippen LogP contribution in [0.4, 0.5) is 0 Å². The first kappa shape index (κ1) is 23.9. The highest BCUT2D eigenvalue weighted by atomic mass is 32.2. The smallest absolute Gasteiger partial charge is 0.240 e. The SMILES string of the molecule is Cc1ccc([C@H]2/C=C\C[C@H](NS(=O)(=O)c3ccc(C)cc3)CC(=O)N2Cc2ccccc2)cc1. The van der Waals surface area contributed by atoms with Crippen molar-refractivity contribution < 1.29 is 13.2 Å². The molecule has 0 aliphatic carbocycles. The molecule has 176 valence electrons. The van der Waals surface area contributed by atoms with Gasteiger partial charge in [0.05, 0.1) is 10.9 Å². The maximum absolute atomic E-state index is 13.6. The maximum Gasteiger partial charge on any atom is 0.240 e. The van der Waals surface area contributed by atoms with E-state index in [0.717, 1.165) is 22.3 Å². The number of nitrogens with zero attached hydrogens (tertiary/aromatic N) is 1. The number of hydrogen-bond acceptors (Lipinski definition) is 3. The number of amides is 1. The normalized spacial score (nSPS) is 19.9. The second-order valence-corrected chi connectivity index (χ2v) is 10.6. The van der Waals surface area contributed by atoms with Crippen molar-refractivity contribution in [2.45, 2.75) is 50.2 Å². The van der Waals surface area contributed by atoms with Gasteiger partial charge in [0, 0.05) is 19.0 Å². The van der Waals surface area contributed by atoms with Crippen LogP contribution in [0, 0.1) is 13.8 Å². The Morgan fingerprint density at radius 2 is 1.50 bits per heavy atom. The Morgan fingerprint density at radius 3 is 2.15 bits per heavy atom. The molecule has 0 bridgehead atoms. The lowest BCUT2D eigenvalue weighted by molar-refractivity contribution is -0.134. The number of sulfonamides is 1. The van der Waals surface area contributed by atoms with Crippen molar-refractivity contribution in [2.75, 3.05) is 0 Å². The van der Waals surface area contributed by atoms with Crippen LogP contribution in [-0.4, -0.2) is 25.3 Å². The standard InChI is InChI=1S/C28H30N2O3S/c1-21-11-15-24(16-12-21)27-10-6-9-25(29-34(32,33)26-17-13-22(2)14-18-26)19-28(31)30(27)20-23-7-4-3-5-8-23/h3-8,10-18,25,27,29H,9,19-20H2,1-2H3/b10-6-/t25-,27+/m0/s1. The fourth-order valence-electron chi connectivity index (χ4n) is 4.16. The minimum atomic E-state index is -3.73. The molecule has 1 heterocycles. The van der Waals surface area contributed by atoms with Gasteiger partial charge in [-0.25, -0.2) is 13.1 Å². The van der Waals surface area contributed by atoms with Crippen LogP contribution >= 0.6 is 0 Å². The molecule has 3 aromatic carbocycles. The molecule has 4 rings (SSSR count). The van der Waals surface area contributed by atoms with Crippen molar-refractivity contribution >= 4 is 15.9 Å². The third kappa shape index (κ3) is 5.82. The summed E-state index contributed by atoms with van der Waals surface area (Å²) in [5.74, 6) is -0.0876. The van der Waals surface area contributed by atoms with Gasteiger partial charge in [0.25, 0.3) is 0 Å². The maximum atomic E-state index is 13.6. The predicted octanol–water partition coefficient (Wildman–Crippen LogP) is 5.07. The van der Waals surface area contributed by atoms with E-state index in [1.165, 1.54) is 0 Å². The van der Waals surface area contributed by atoms with E-state index in [0.29, 0.717) is 13.0 Å². The van der Waals surface area contributed by atoms with Crippen LogP contribution in [0.5, 0.6) is 0 Å². The first-order valence-electron chi connectivity index (χ1n) is 11.5. The van der Waals surface area contributed by atoms with Crippen molar-refractivity contribution in [1.29, 1.82) is 0 Å². The van der Waals surface area contributed by atoms with Crippen molar-refractivity contribution in [2.24, 2.45) is 0 Å². The van der Waals surface area contributed by atoms with E-state index in [1.54, 1.807) is 24.3 Å². The van der Waals surface area contributed by atoms with E-state index >= 15 is 0 Å². The quantitative estimate of drug-likeness (QED) is 0.507. The van der Waals surface area contributed by atoms with Crippen LogP contribution in [0.2, 0.25) is 0 Å². The number of benzene rings is 3. The molecule has 1 N–H and O–H groups in total. The van der Waals surface area contributed by atoms with Crippen LogP contribution in [0.15, 0.2) is 95.9 Å². The van der Waals surface area contributed by atoms with Gasteiger partial charge in [-0.15, -0.1) is 0 Å². The second kappa shape index (κ2) is 10.4. The third-order valence-electron chi connectivity index (χ3n) is 6.08. The molecular weight excluding hydrogens is 444 g/mol. The third-order valence-corrected chi connectivity index (χ3v) is 7.62. The van der Waals surface area contributed by atoms with E-state index in [9.17, 15) is 13.2 Å². The summed E-state index contributed by atoms with van der Waals surface area (Å²) in [6, 6.07) is 24.0. The zero-order chi connectivity index (χ0) is 24.1. The first-order chi connectivity index (χ1) is 16.3. The Bertz CT molecular complexity index is 1250. The van der Waals surface area contributed by atoms with E-state index < -0.39 is 16.1 Å². The largest absolute Gasteiger partial charge is 0.328 e. The summed E-state index contributed by atoms with van der Waals surface area (Å²) in [5, 5.41) is 0. The number of rotatable bonds is 6. The van der Waals surface area contributed by atoms with Gasteiger partial charge >= 0.3 is 0 Å². The molecule has 34 heavy (non-hydrogen) atoms. The van der Waals surface area contributed by atoms with Gasteiger partial charge < -0.3 is 4.90 Å². The first-order valence-corrected chi connectivity index (χ1v) is 13.0. The lowest BCUT2D eigenvalue weighted by Gasteiger charge is -2.33. The fraction of sp³-hybridized carbons (Fsp3) is 0.250. The molecule has 0 radical (unpaired) electrons. The Labute approximate surface area is 202 Å². The van der Waals surface area contributed by atoms with Gasteiger partial charge in [0.2, 0.25) is 15.9 Å². The van der Waals surface area contributed by atoms with Crippen LogP contribution in [0.3, 0.4) is 0 Å². The lowest BCUT2D eigenvalue weighted by Crippen LogP contribution is -2.42. The molecule has 0 aromatic heterocycles. The summed E-state index contributed by atoms with van der Waals surface area (Å²) in [4.78, 5) is 15.6. The summed E-state index contributed by atoms with van der Waals surface area (Å²) in [6.07, 6.45) is 4.53. The molecule has 6 heteroatoms.